The van der Waals surface area contributed by atoms with Crippen molar-refractivity contribution in [1.29, 1.82) is 5.26 Å². The number of piperidine rings is 1. The van der Waals surface area contributed by atoms with Crippen molar-refractivity contribution in [1.82, 2.24) is 10.2 Å². The van der Waals surface area contributed by atoms with Crippen molar-refractivity contribution < 1.29 is 18.7 Å². The minimum Gasteiger partial charge on any atom is -0.438 e. The fourth-order valence-corrected chi connectivity index (χ4v) is 5.89. The summed E-state index contributed by atoms with van der Waals surface area (Å²) in [5.41, 5.74) is 2.67. The molecule has 10 heteroatoms. The number of likely N-dealkylation sites (tertiary alicyclic amines) is 1. The van der Waals surface area contributed by atoms with Crippen LogP contribution in [0.3, 0.4) is 0 Å². The number of hydrogen-bond donors (Lipinski definition) is 2. The molecule has 0 radical (unpaired) electrons. The van der Waals surface area contributed by atoms with E-state index in [-0.39, 0.29) is 11.7 Å². The van der Waals surface area contributed by atoms with Crippen molar-refractivity contribution in [2.75, 3.05) is 25.0 Å². The van der Waals surface area contributed by atoms with Gasteiger partial charge in [-0.3, -0.25) is 10.1 Å². The van der Waals surface area contributed by atoms with Crippen LogP contribution in [0.4, 0.5) is 14.9 Å². The van der Waals surface area contributed by atoms with Crippen molar-refractivity contribution in [3.63, 3.8) is 0 Å². The molecular weight excluding hydrogens is 566 g/mol. The lowest BCUT2D eigenvalue weighted by molar-refractivity contribution is -0.122. The van der Waals surface area contributed by atoms with E-state index in [0.717, 1.165) is 24.1 Å². The van der Waals surface area contributed by atoms with Gasteiger partial charge in [0, 0.05) is 38.0 Å². The van der Waals surface area contributed by atoms with E-state index in [2.05, 4.69) is 21.6 Å². The van der Waals surface area contributed by atoms with E-state index in [4.69, 9.17) is 33.2 Å². The fraction of sp³-hybridized carbons (Fsp3) is 0.323. The summed E-state index contributed by atoms with van der Waals surface area (Å²) in [4.78, 5) is 27.9. The largest absolute Gasteiger partial charge is 0.438 e. The van der Waals surface area contributed by atoms with Crippen molar-refractivity contribution in [2.45, 2.75) is 43.7 Å². The van der Waals surface area contributed by atoms with Gasteiger partial charge in [0.05, 0.1) is 33.3 Å². The summed E-state index contributed by atoms with van der Waals surface area (Å²) in [5.74, 6) is -0.916. The first kappa shape index (κ1) is 28.9. The summed E-state index contributed by atoms with van der Waals surface area (Å²) in [7, 11) is 0. The van der Waals surface area contributed by atoms with E-state index in [1.807, 2.05) is 18.2 Å². The number of rotatable bonds is 8. The number of carbonyl (C=O) groups is 2. The monoisotopic (exact) mass is 594 g/mol. The highest BCUT2D eigenvalue weighted by Crippen LogP contribution is 2.43. The lowest BCUT2D eigenvalue weighted by Crippen LogP contribution is -2.48. The standard InChI is InChI=1S/C31H29Cl2FN4O3/c32-26-9-7-22(16-27(26)33)24(29(39)36-19-21-5-3-20(18-35)4-6-21)2-1-13-38-14-11-31(12-15-38)25-17-23(34)8-10-28(25)37-30(40)41-31/h3-10,16-17,24H,1-2,11-15,19H2,(H,36,39)(H,37,40). The minimum atomic E-state index is -0.843. The number of ether oxygens (including phenoxy) is 1. The summed E-state index contributed by atoms with van der Waals surface area (Å²) >= 11 is 12.4. The maximum atomic E-state index is 14.0. The van der Waals surface area contributed by atoms with Gasteiger partial charge in [0.2, 0.25) is 5.91 Å². The van der Waals surface area contributed by atoms with Crippen molar-refractivity contribution in [3.05, 3.63) is 98.8 Å². The number of nitrogens with one attached hydrogen (secondary N) is 2. The Kier molecular flexibility index (Phi) is 8.79. The highest BCUT2D eigenvalue weighted by atomic mass is 35.5. The first-order valence-corrected chi connectivity index (χ1v) is 14.3. The van der Waals surface area contributed by atoms with Crippen LogP contribution >= 0.6 is 23.2 Å². The molecule has 2 N–H and O–H groups in total. The molecule has 1 saturated heterocycles. The van der Waals surface area contributed by atoms with Crippen LogP contribution in [0.25, 0.3) is 0 Å². The van der Waals surface area contributed by atoms with Crippen LogP contribution in [0.15, 0.2) is 60.7 Å². The molecule has 41 heavy (non-hydrogen) atoms. The summed E-state index contributed by atoms with van der Waals surface area (Å²) < 4.78 is 19.8. The topological polar surface area (TPSA) is 94.5 Å². The second kappa shape index (κ2) is 12.5. The Balaban J connectivity index is 1.21. The second-order valence-electron chi connectivity index (χ2n) is 10.4. The molecule has 2 amide bonds. The molecular formula is C31H29Cl2FN4O3. The van der Waals surface area contributed by atoms with Gasteiger partial charge in [-0.15, -0.1) is 0 Å². The highest BCUT2D eigenvalue weighted by Gasteiger charge is 2.44. The van der Waals surface area contributed by atoms with E-state index in [0.29, 0.717) is 65.8 Å². The van der Waals surface area contributed by atoms with Gasteiger partial charge in [0.1, 0.15) is 11.4 Å². The third kappa shape index (κ3) is 6.65. The molecule has 3 aromatic rings. The smallest absolute Gasteiger partial charge is 0.412 e. The zero-order valence-electron chi connectivity index (χ0n) is 22.3. The van der Waals surface area contributed by atoms with E-state index in [1.54, 1.807) is 30.3 Å². The molecule has 1 spiro atoms. The average Bonchev–Trinajstić information content (AvgIpc) is 2.97. The Hall–Kier alpha value is -3.64. The van der Waals surface area contributed by atoms with Crippen molar-refractivity contribution in [2.24, 2.45) is 0 Å². The van der Waals surface area contributed by atoms with Gasteiger partial charge in [0.25, 0.3) is 0 Å². The Labute approximate surface area is 248 Å². The molecule has 0 saturated carbocycles. The van der Waals surface area contributed by atoms with E-state index in [1.165, 1.54) is 12.1 Å². The number of halogens is 3. The Bertz CT molecular complexity index is 1480. The maximum Gasteiger partial charge on any atom is 0.412 e. The van der Waals surface area contributed by atoms with Crippen LogP contribution in [0, 0.1) is 17.1 Å². The molecule has 0 aromatic heterocycles. The summed E-state index contributed by atoms with van der Waals surface area (Å²) in [6.07, 6.45) is 1.92. The van der Waals surface area contributed by atoms with Crippen LogP contribution in [-0.2, 0) is 21.7 Å². The quantitative estimate of drug-likeness (QED) is 0.301. The van der Waals surface area contributed by atoms with Crippen LogP contribution in [0.5, 0.6) is 0 Å². The van der Waals surface area contributed by atoms with Gasteiger partial charge < -0.3 is 15.0 Å². The number of hydrogen-bond acceptors (Lipinski definition) is 5. The molecule has 2 aliphatic heterocycles. The van der Waals surface area contributed by atoms with Gasteiger partial charge in [-0.25, -0.2) is 9.18 Å². The molecule has 1 atom stereocenters. The fourth-order valence-electron chi connectivity index (χ4n) is 5.59. The number of fused-ring (bicyclic) bond motifs is 2. The van der Waals surface area contributed by atoms with Crippen LogP contribution < -0.4 is 10.6 Å². The summed E-state index contributed by atoms with van der Waals surface area (Å²) in [5, 5.41) is 15.5. The normalized spacial score (nSPS) is 16.7. The van der Waals surface area contributed by atoms with Gasteiger partial charge in [-0.05, 0) is 73.0 Å². The Morgan fingerprint density at radius 3 is 2.56 bits per heavy atom. The van der Waals surface area contributed by atoms with Gasteiger partial charge >= 0.3 is 6.09 Å². The number of benzene rings is 3. The van der Waals surface area contributed by atoms with Gasteiger partial charge in [-0.1, -0.05) is 41.4 Å². The molecule has 2 aliphatic rings. The molecule has 1 unspecified atom stereocenters. The van der Waals surface area contributed by atoms with Crippen LogP contribution in [0.1, 0.15) is 53.9 Å². The molecule has 0 bridgehead atoms. The van der Waals surface area contributed by atoms with Gasteiger partial charge in [-0.2, -0.15) is 5.26 Å². The SMILES string of the molecule is N#Cc1ccc(CNC(=O)C(CCCN2CCC3(CC2)OC(=O)Nc2ccc(F)cc23)c2ccc(Cl)c(Cl)c2)cc1. The molecule has 212 valence electrons. The molecule has 0 aliphatic carbocycles. The third-order valence-corrected chi connectivity index (χ3v) is 8.58. The maximum absolute atomic E-state index is 14.0. The molecule has 3 aromatic carbocycles. The molecule has 5 rings (SSSR count). The number of anilines is 1. The molecule has 2 heterocycles. The van der Waals surface area contributed by atoms with E-state index < -0.39 is 17.6 Å². The first-order valence-electron chi connectivity index (χ1n) is 13.5. The van der Waals surface area contributed by atoms with Gasteiger partial charge in [0.15, 0.2) is 0 Å². The average molecular weight is 596 g/mol. The van der Waals surface area contributed by atoms with E-state index >= 15 is 0 Å². The van der Waals surface area contributed by atoms with Crippen molar-refractivity contribution in [3.8, 4) is 6.07 Å². The number of nitriles is 1. The van der Waals surface area contributed by atoms with Crippen LogP contribution in [-0.4, -0.2) is 36.5 Å². The zero-order valence-corrected chi connectivity index (χ0v) is 23.8. The molecule has 7 nitrogen and oxygen atoms in total. The molecule has 1 fully saturated rings. The van der Waals surface area contributed by atoms with Crippen LogP contribution in [0.2, 0.25) is 10.0 Å². The zero-order chi connectivity index (χ0) is 29.0. The lowest BCUT2D eigenvalue weighted by Gasteiger charge is -2.44. The number of carbonyl (C=O) groups excluding carboxylic acids is 2. The number of nitrogens with zero attached hydrogens (tertiary/aromatic N) is 2. The minimum absolute atomic E-state index is 0.120. The predicted octanol–water partition coefficient (Wildman–Crippen LogP) is 6.74. The summed E-state index contributed by atoms with van der Waals surface area (Å²) in [6.45, 7) is 2.43. The van der Waals surface area contributed by atoms with Crippen molar-refractivity contribution >= 4 is 40.9 Å². The lowest BCUT2D eigenvalue weighted by atomic mass is 9.82. The first-order chi connectivity index (χ1) is 19.8. The third-order valence-electron chi connectivity index (χ3n) is 7.84. The Morgan fingerprint density at radius 1 is 1.10 bits per heavy atom. The number of amides is 2. The van der Waals surface area contributed by atoms with E-state index in [9.17, 15) is 14.0 Å². The Morgan fingerprint density at radius 2 is 1.85 bits per heavy atom. The highest BCUT2D eigenvalue weighted by molar-refractivity contribution is 6.42. The summed E-state index contributed by atoms with van der Waals surface area (Å²) in [6, 6.07) is 18.8. The second-order valence-corrected chi connectivity index (χ2v) is 11.2. The predicted molar refractivity (Wildman–Crippen MR) is 155 cm³/mol.